The molecule has 1 aliphatic carbocycles. The summed E-state index contributed by atoms with van der Waals surface area (Å²) in [5.74, 6) is 0. The smallest absolute Gasteiger partial charge is 0.0949 e. The second-order valence-electron chi connectivity index (χ2n) is 5.66. The third-order valence-corrected chi connectivity index (χ3v) is 3.91. The highest BCUT2D eigenvalue weighted by Gasteiger charge is 2.32. The first-order valence-corrected chi connectivity index (χ1v) is 6.44. The van der Waals surface area contributed by atoms with Gasteiger partial charge in [0.1, 0.15) is 0 Å². The maximum Gasteiger partial charge on any atom is 0.0949 e. The van der Waals surface area contributed by atoms with Gasteiger partial charge < -0.3 is 15.0 Å². The van der Waals surface area contributed by atoms with Gasteiger partial charge in [0.2, 0.25) is 0 Å². The number of aliphatic hydroxyl groups is 1. The lowest BCUT2D eigenvalue weighted by atomic mass is 9.99. The van der Waals surface area contributed by atoms with Crippen molar-refractivity contribution in [2.75, 3.05) is 0 Å². The van der Waals surface area contributed by atoms with Gasteiger partial charge in [0.15, 0.2) is 0 Å². The molecule has 2 rings (SSSR count). The molecule has 1 fully saturated rings. The molecule has 3 unspecified atom stereocenters. The fraction of sp³-hybridized carbons (Fsp3) is 0.769. The monoisotopic (exact) mass is 237 g/mol. The summed E-state index contributed by atoms with van der Waals surface area (Å²) in [6.07, 6.45) is 9.34. The Morgan fingerprint density at radius 1 is 1.47 bits per heavy atom. The topological polar surface area (TPSA) is 50.1 Å². The molecule has 0 amide bonds. The minimum atomic E-state index is -0.678. The Hall–Kier alpha value is -0.870. The molecule has 4 heteroatoms. The molecule has 0 spiro atoms. The van der Waals surface area contributed by atoms with Crippen LogP contribution in [0.15, 0.2) is 18.7 Å². The Labute approximate surface area is 103 Å². The summed E-state index contributed by atoms with van der Waals surface area (Å²) < 4.78 is 2.18. The van der Waals surface area contributed by atoms with Crippen LogP contribution < -0.4 is 5.32 Å². The number of hydrogen-bond acceptors (Lipinski definition) is 3. The second-order valence-corrected chi connectivity index (χ2v) is 5.66. The fourth-order valence-corrected chi connectivity index (χ4v) is 2.48. The zero-order valence-corrected chi connectivity index (χ0v) is 10.9. The molecule has 1 aliphatic rings. The summed E-state index contributed by atoms with van der Waals surface area (Å²) in [6, 6.07) is 1.00. The molecular weight excluding hydrogens is 214 g/mol. The van der Waals surface area contributed by atoms with Gasteiger partial charge in [-0.25, -0.2) is 4.98 Å². The Balaban J connectivity index is 2.01. The normalized spacial score (nSPS) is 27.3. The quantitative estimate of drug-likeness (QED) is 0.838. The average Bonchev–Trinajstić information content (AvgIpc) is 2.83. The summed E-state index contributed by atoms with van der Waals surface area (Å²) in [4.78, 5) is 4.11. The van der Waals surface area contributed by atoms with Crippen molar-refractivity contribution in [2.45, 2.75) is 63.8 Å². The van der Waals surface area contributed by atoms with Crippen LogP contribution in [0.1, 0.15) is 46.1 Å². The molecule has 0 aliphatic heterocycles. The van der Waals surface area contributed by atoms with E-state index in [0.29, 0.717) is 12.1 Å². The summed E-state index contributed by atoms with van der Waals surface area (Å²) in [7, 11) is 0. The predicted octanol–water partition coefficient (Wildman–Crippen LogP) is 1.73. The molecule has 3 atom stereocenters. The van der Waals surface area contributed by atoms with Crippen molar-refractivity contribution in [2.24, 2.45) is 0 Å². The number of rotatable bonds is 4. The molecule has 1 heterocycles. The number of aromatic nitrogens is 2. The van der Waals surface area contributed by atoms with Crippen molar-refractivity contribution in [1.29, 1.82) is 0 Å². The Bertz CT molecular complexity index is 342. The maximum atomic E-state index is 9.98. The van der Waals surface area contributed by atoms with Gasteiger partial charge in [-0.05, 0) is 40.0 Å². The average molecular weight is 237 g/mol. The zero-order chi connectivity index (χ0) is 12.5. The largest absolute Gasteiger partial charge is 0.389 e. The van der Waals surface area contributed by atoms with Crippen LogP contribution in [0.2, 0.25) is 0 Å². The van der Waals surface area contributed by atoms with E-state index in [2.05, 4.69) is 14.9 Å². The van der Waals surface area contributed by atoms with Gasteiger partial charge >= 0.3 is 0 Å². The van der Waals surface area contributed by atoms with Crippen molar-refractivity contribution in [3.8, 4) is 0 Å². The van der Waals surface area contributed by atoms with Gasteiger partial charge in [-0.15, -0.1) is 0 Å². The van der Waals surface area contributed by atoms with Crippen molar-refractivity contribution in [3.05, 3.63) is 18.7 Å². The maximum absolute atomic E-state index is 9.98. The van der Waals surface area contributed by atoms with E-state index in [0.717, 1.165) is 0 Å². The minimum absolute atomic E-state index is 0.0941. The molecule has 0 radical (unpaired) electrons. The number of nitrogens with zero attached hydrogens (tertiary/aromatic N) is 2. The SMILES string of the molecule is CC(NC1CCCC1n1ccnc1)C(C)(C)O. The van der Waals surface area contributed by atoms with Crippen LogP contribution in [0, 0.1) is 0 Å². The number of nitrogens with one attached hydrogen (secondary N) is 1. The van der Waals surface area contributed by atoms with E-state index < -0.39 is 5.60 Å². The van der Waals surface area contributed by atoms with Crippen molar-refractivity contribution >= 4 is 0 Å². The lowest BCUT2D eigenvalue weighted by Gasteiger charge is -2.32. The Kier molecular flexibility index (Phi) is 3.54. The van der Waals surface area contributed by atoms with Gasteiger partial charge in [-0.1, -0.05) is 0 Å². The van der Waals surface area contributed by atoms with E-state index in [4.69, 9.17) is 0 Å². The third-order valence-electron chi connectivity index (χ3n) is 3.91. The van der Waals surface area contributed by atoms with Crippen LogP contribution >= 0.6 is 0 Å². The first-order chi connectivity index (χ1) is 7.98. The number of hydrogen-bond donors (Lipinski definition) is 2. The highest BCUT2D eigenvalue weighted by molar-refractivity contribution is 4.94. The standard InChI is InChI=1S/C13H23N3O/c1-10(13(2,3)17)15-11-5-4-6-12(11)16-8-7-14-9-16/h7-12,15,17H,4-6H2,1-3H3. The van der Waals surface area contributed by atoms with E-state index in [1.807, 2.05) is 39.5 Å². The van der Waals surface area contributed by atoms with Gasteiger partial charge in [-0.3, -0.25) is 0 Å². The molecule has 0 bridgehead atoms. The molecule has 0 aromatic carbocycles. The molecule has 17 heavy (non-hydrogen) atoms. The molecule has 96 valence electrons. The molecule has 1 aromatic rings. The summed E-state index contributed by atoms with van der Waals surface area (Å²) in [5, 5.41) is 13.5. The van der Waals surface area contributed by atoms with E-state index >= 15 is 0 Å². The molecule has 1 aromatic heterocycles. The van der Waals surface area contributed by atoms with Crippen LogP contribution in [0.3, 0.4) is 0 Å². The van der Waals surface area contributed by atoms with E-state index in [1.54, 1.807) is 0 Å². The van der Waals surface area contributed by atoms with Crippen LogP contribution in [-0.2, 0) is 0 Å². The molecule has 2 N–H and O–H groups in total. The fourth-order valence-electron chi connectivity index (χ4n) is 2.48. The van der Waals surface area contributed by atoms with Crippen LogP contribution in [0.4, 0.5) is 0 Å². The third kappa shape index (κ3) is 2.87. The van der Waals surface area contributed by atoms with E-state index in [-0.39, 0.29) is 6.04 Å². The zero-order valence-electron chi connectivity index (χ0n) is 10.9. The summed E-state index contributed by atoms with van der Waals surface area (Å²) in [5.41, 5.74) is -0.678. The molecule has 0 saturated heterocycles. The minimum Gasteiger partial charge on any atom is -0.389 e. The van der Waals surface area contributed by atoms with Crippen molar-refractivity contribution < 1.29 is 5.11 Å². The van der Waals surface area contributed by atoms with Gasteiger partial charge in [0.25, 0.3) is 0 Å². The van der Waals surface area contributed by atoms with Crippen molar-refractivity contribution in [3.63, 3.8) is 0 Å². The van der Waals surface area contributed by atoms with Gasteiger partial charge in [-0.2, -0.15) is 0 Å². The Morgan fingerprint density at radius 3 is 2.82 bits per heavy atom. The lowest BCUT2D eigenvalue weighted by molar-refractivity contribution is 0.0380. The summed E-state index contributed by atoms with van der Waals surface area (Å²) in [6.45, 7) is 5.75. The van der Waals surface area contributed by atoms with Gasteiger partial charge in [0.05, 0.1) is 11.9 Å². The predicted molar refractivity (Wildman–Crippen MR) is 67.8 cm³/mol. The molecule has 4 nitrogen and oxygen atoms in total. The second kappa shape index (κ2) is 4.78. The lowest BCUT2D eigenvalue weighted by Crippen LogP contribution is -2.50. The van der Waals surface area contributed by atoms with Crippen molar-refractivity contribution in [1.82, 2.24) is 14.9 Å². The van der Waals surface area contributed by atoms with Crippen LogP contribution in [-0.4, -0.2) is 32.3 Å². The number of imidazole rings is 1. The van der Waals surface area contributed by atoms with E-state index in [1.165, 1.54) is 19.3 Å². The highest BCUT2D eigenvalue weighted by Crippen LogP contribution is 2.30. The summed E-state index contributed by atoms with van der Waals surface area (Å²) >= 11 is 0. The molecule has 1 saturated carbocycles. The molecular formula is C13H23N3O. The van der Waals surface area contributed by atoms with E-state index in [9.17, 15) is 5.11 Å². The highest BCUT2D eigenvalue weighted by atomic mass is 16.3. The van der Waals surface area contributed by atoms with Crippen LogP contribution in [0.25, 0.3) is 0 Å². The van der Waals surface area contributed by atoms with Gasteiger partial charge in [0, 0.05) is 30.5 Å². The first-order valence-electron chi connectivity index (χ1n) is 6.44. The van der Waals surface area contributed by atoms with Crippen LogP contribution in [0.5, 0.6) is 0 Å². The first kappa shape index (κ1) is 12.6. The Morgan fingerprint density at radius 2 is 2.24 bits per heavy atom.